The number of likely N-dealkylation sites (tertiary alicyclic amines) is 1. The van der Waals surface area contributed by atoms with E-state index in [1.807, 2.05) is 0 Å². The van der Waals surface area contributed by atoms with E-state index in [4.69, 9.17) is 0 Å². The predicted molar refractivity (Wildman–Crippen MR) is 64.9 cm³/mol. The zero-order valence-electron chi connectivity index (χ0n) is 11.0. The summed E-state index contributed by atoms with van der Waals surface area (Å²) < 4.78 is 50.3. The molecule has 0 aliphatic carbocycles. The van der Waals surface area contributed by atoms with Gasteiger partial charge in [-0.05, 0) is 24.8 Å². The Morgan fingerprint density at radius 3 is 2.48 bits per heavy atom. The summed E-state index contributed by atoms with van der Waals surface area (Å²) in [6.45, 7) is 0.181. The number of aliphatic hydroxyl groups is 1. The van der Waals surface area contributed by atoms with Crippen LogP contribution in [-0.2, 0) is 0 Å². The fourth-order valence-electron chi connectivity index (χ4n) is 2.40. The van der Waals surface area contributed by atoms with E-state index in [1.54, 1.807) is 0 Å². The zero-order valence-corrected chi connectivity index (χ0v) is 11.0. The average molecular weight is 306 g/mol. The fraction of sp³-hybridized carbons (Fsp3) is 0.538. The summed E-state index contributed by atoms with van der Waals surface area (Å²) in [4.78, 5) is 17.0. The average Bonchev–Trinajstić information content (AvgIpc) is 2.45. The van der Waals surface area contributed by atoms with Crippen LogP contribution in [0.1, 0.15) is 23.2 Å². The Hall–Kier alpha value is -1.70. The number of carbonyl (C=O) groups is 1. The van der Waals surface area contributed by atoms with Crippen molar-refractivity contribution < 1.29 is 27.5 Å². The molecule has 1 aromatic heterocycles. The lowest BCUT2D eigenvalue weighted by Crippen LogP contribution is -2.45. The van der Waals surface area contributed by atoms with Gasteiger partial charge in [-0.3, -0.25) is 9.78 Å². The number of nitrogens with zero attached hydrogens (tertiary/aromatic N) is 2. The Balaban J connectivity index is 1.96. The Bertz CT molecular complexity index is 513. The van der Waals surface area contributed by atoms with Crippen molar-refractivity contribution in [1.29, 1.82) is 0 Å². The summed E-state index contributed by atoms with van der Waals surface area (Å²) in [7, 11) is 0. The first-order valence-electron chi connectivity index (χ1n) is 6.43. The van der Waals surface area contributed by atoms with E-state index in [2.05, 4.69) is 4.98 Å². The number of alkyl halides is 3. The molecule has 1 aliphatic heterocycles. The molecule has 1 atom stereocenters. The van der Waals surface area contributed by atoms with Crippen molar-refractivity contribution in [3.05, 3.63) is 29.8 Å². The summed E-state index contributed by atoms with van der Waals surface area (Å²) in [5, 5.41) is 9.20. The Morgan fingerprint density at radius 1 is 1.33 bits per heavy atom. The van der Waals surface area contributed by atoms with E-state index in [0.29, 0.717) is 0 Å². The van der Waals surface area contributed by atoms with Gasteiger partial charge in [-0.15, -0.1) is 0 Å². The standard InChI is InChI=1S/C13H14F4N2O2/c14-10-5-9(6-18-7-10)12(21)19-3-1-8(2-4-19)11(20)13(15,16)17/h5-8,11,20H,1-4H2. The van der Waals surface area contributed by atoms with Crippen molar-refractivity contribution in [3.63, 3.8) is 0 Å². The van der Waals surface area contributed by atoms with Crippen molar-refractivity contribution in [3.8, 4) is 0 Å². The number of rotatable bonds is 2. The number of aromatic nitrogens is 1. The third kappa shape index (κ3) is 3.69. The predicted octanol–water partition coefficient (Wildman–Crippen LogP) is 2.00. The first kappa shape index (κ1) is 15.7. The number of piperidine rings is 1. The van der Waals surface area contributed by atoms with Crippen molar-refractivity contribution in [2.75, 3.05) is 13.1 Å². The van der Waals surface area contributed by atoms with Crippen molar-refractivity contribution in [1.82, 2.24) is 9.88 Å². The van der Waals surface area contributed by atoms with E-state index in [0.717, 1.165) is 12.3 Å². The van der Waals surface area contributed by atoms with Crippen LogP contribution in [0.25, 0.3) is 0 Å². The fourth-order valence-corrected chi connectivity index (χ4v) is 2.40. The number of halogens is 4. The number of pyridine rings is 1. The Kier molecular flexibility index (Phi) is 4.46. The topological polar surface area (TPSA) is 53.4 Å². The molecule has 0 aromatic carbocycles. The van der Waals surface area contributed by atoms with Crippen molar-refractivity contribution in [2.45, 2.75) is 25.1 Å². The zero-order chi connectivity index (χ0) is 15.6. The maximum atomic E-state index is 13.0. The number of amides is 1. The lowest BCUT2D eigenvalue weighted by molar-refractivity contribution is -0.222. The van der Waals surface area contributed by atoms with Gasteiger partial charge >= 0.3 is 6.18 Å². The second-order valence-electron chi connectivity index (χ2n) is 5.01. The van der Waals surface area contributed by atoms with E-state index < -0.39 is 29.9 Å². The minimum atomic E-state index is -4.65. The highest BCUT2D eigenvalue weighted by Crippen LogP contribution is 2.31. The molecule has 1 saturated heterocycles. The van der Waals surface area contributed by atoms with Gasteiger partial charge in [0, 0.05) is 19.3 Å². The van der Waals surface area contributed by atoms with Gasteiger partial charge in [0.25, 0.3) is 5.91 Å². The Labute approximate surface area is 118 Å². The molecule has 2 heterocycles. The van der Waals surface area contributed by atoms with Gasteiger partial charge in [0.2, 0.25) is 0 Å². The molecule has 0 spiro atoms. The van der Waals surface area contributed by atoms with E-state index in [1.165, 1.54) is 11.1 Å². The molecule has 1 aromatic rings. The summed E-state index contributed by atoms with van der Waals surface area (Å²) in [5.74, 6) is -2.04. The molecule has 21 heavy (non-hydrogen) atoms. The molecule has 0 bridgehead atoms. The monoisotopic (exact) mass is 306 g/mol. The maximum Gasteiger partial charge on any atom is 0.414 e. The summed E-state index contributed by atoms with van der Waals surface area (Å²) in [6, 6.07) is 1.03. The first-order chi connectivity index (χ1) is 9.79. The largest absolute Gasteiger partial charge is 0.414 e. The molecule has 1 amide bonds. The van der Waals surface area contributed by atoms with Gasteiger partial charge in [0.1, 0.15) is 5.82 Å². The highest BCUT2D eigenvalue weighted by molar-refractivity contribution is 5.93. The highest BCUT2D eigenvalue weighted by atomic mass is 19.4. The van der Waals surface area contributed by atoms with Gasteiger partial charge in [0.15, 0.2) is 6.10 Å². The van der Waals surface area contributed by atoms with Crippen LogP contribution < -0.4 is 0 Å². The minimum Gasteiger partial charge on any atom is -0.383 e. The summed E-state index contributed by atoms with van der Waals surface area (Å²) in [6.07, 6.45) is -4.75. The molecule has 4 nitrogen and oxygen atoms in total. The highest BCUT2D eigenvalue weighted by Gasteiger charge is 2.44. The van der Waals surface area contributed by atoms with Crippen molar-refractivity contribution in [2.24, 2.45) is 5.92 Å². The molecular formula is C13H14F4N2O2. The van der Waals surface area contributed by atoms with Crippen LogP contribution in [0.3, 0.4) is 0 Å². The normalized spacial score (nSPS) is 18.6. The second-order valence-corrected chi connectivity index (χ2v) is 5.01. The van der Waals surface area contributed by atoms with Crippen LogP contribution >= 0.6 is 0 Å². The Morgan fingerprint density at radius 2 is 1.95 bits per heavy atom. The SMILES string of the molecule is O=C(c1cncc(F)c1)N1CCC(C(O)C(F)(F)F)CC1. The molecule has 1 unspecified atom stereocenters. The van der Waals surface area contributed by atoms with Crippen LogP contribution in [0.4, 0.5) is 17.6 Å². The molecule has 1 N–H and O–H groups in total. The van der Waals surface area contributed by atoms with E-state index in [-0.39, 0.29) is 31.5 Å². The van der Waals surface area contributed by atoms with Crippen LogP contribution in [-0.4, -0.2) is 46.3 Å². The quantitative estimate of drug-likeness (QED) is 0.850. The van der Waals surface area contributed by atoms with Crippen LogP contribution in [0, 0.1) is 11.7 Å². The molecule has 1 fully saturated rings. The molecule has 2 rings (SSSR count). The molecule has 0 saturated carbocycles. The molecule has 1 aliphatic rings. The van der Waals surface area contributed by atoms with E-state index in [9.17, 15) is 27.5 Å². The van der Waals surface area contributed by atoms with Crippen molar-refractivity contribution >= 4 is 5.91 Å². The minimum absolute atomic E-state index is 0.0508. The summed E-state index contributed by atoms with van der Waals surface area (Å²) >= 11 is 0. The van der Waals surface area contributed by atoms with Gasteiger partial charge in [-0.25, -0.2) is 4.39 Å². The van der Waals surface area contributed by atoms with Gasteiger partial charge in [-0.2, -0.15) is 13.2 Å². The molecule has 0 radical (unpaired) electrons. The lowest BCUT2D eigenvalue weighted by Gasteiger charge is -2.34. The molecule has 8 heteroatoms. The van der Waals surface area contributed by atoms with Gasteiger partial charge in [-0.1, -0.05) is 0 Å². The molecule has 116 valence electrons. The third-order valence-corrected chi connectivity index (χ3v) is 3.56. The number of hydrogen-bond donors (Lipinski definition) is 1. The van der Waals surface area contributed by atoms with Crippen LogP contribution in [0.15, 0.2) is 18.5 Å². The maximum absolute atomic E-state index is 13.0. The van der Waals surface area contributed by atoms with Gasteiger partial charge < -0.3 is 10.0 Å². The van der Waals surface area contributed by atoms with Gasteiger partial charge in [0.05, 0.1) is 11.8 Å². The number of hydrogen-bond acceptors (Lipinski definition) is 3. The molecular weight excluding hydrogens is 292 g/mol. The summed E-state index contributed by atoms with van der Waals surface area (Å²) in [5.41, 5.74) is 0.0600. The van der Waals surface area contributed by atoms with Crippen LogP contribution in [0.2, 0.25) is 0 Å². The second kappa shape index (κ2) is 5.97. The third-order valence-electron chi connectivity index (χ3n) is 3.56. The number of aliphatic hydroxyl groups excluding tert-OH is 1. The van der Waals surface area contributed by atoms with E-state index >= 15 is 0 Å². The lowest BCUT2D eigenvalue weighted by atomic mass is 9.90. The smallest absolute Gasteiger partial charge is 0.383 e. The number of carbonyl (C=O) groups excluding carboxylic acids is 1. The first-order valence-corrected chi connectivity index (χ1v) is 6.43. The van der Waals surface area contributed by atoms with Crippen LogP contribution in [0.5, 0.6) is 0 Å².